The maximum atomic E-state index is 13.9. The molecule has 0 bridgehead atoms. The zero-order valence-electron chi connectivity index (χ0n) is 24.0. The van der Waals surface area contributed by atoms with Crippen LogP contribution in [0.3, 0.4) is 0 Å². The van der Waals surface area contributed by atoms with Gasteiger partial charge >= 0.3 is 0 Å². The Morgan fingerprint density at radius 2 is 1.71 bits per heavy atom. The summed E-state index contributed by atoms with van der Waals surface area (Å²) >= 11 is 0. The van der Waals surface area contributed by atoms with Gasteiger partial charge in [0.2, 0.25) is 0 Å². The predicted molar refractivity (Wildman–Crippen MR) is 157 cm³/mol. The molecule has 0 aliphatic carbocycles. The molecule has 7 heteroatoms. The van der Waals surface area contributed by atoms with Crippen molar-refractivity contribution in [3.8, 4) is 5.75 Å². The molecule has 0 radical (unpaired) electrons. The van der Waals surface area contributed by atoms with Gasteiger partial charge in [0.05, 0.1) is 16.8 Å². The number of aliphatic hydroxyl groups excluding tert-OH is 1. The lowest BCUT2D eigenvalue weighted by atomic mass is 9.68. The number of fused-ring (bicyclic) bond motifs is 1. The molecule has 1 unspecified atom stereocenters. The van der Waals surface area contributed by atoms with Crippen molar-refractivity contribution in [1.82, 2.24) is 4.90 Å². The molecule has 0 saturated carbocycles. The number of anilines is 1. The molecule has 2 aromatic carbocycles. The van der Waals surface area contributed by atoms with Crippen molar-refractivity contribution < 1.29 is 18.3 Å². The monoisotopic (exact) mass is 544 g/mol. The van der Waals surface area contributed by atoms with Crippen LogP contribution in [0.2, 0.25) is 0 Å². The van der Waals surface area contributed by atoms with Crippen LogP contribution in [0.15, 0.2) is 47.4 Å². The SMILES string of the molecule is CCCCC1(CCCC)CS(=O)(=O)c2ccc(NC)cc2[C@@H](c2cccc(OCCN(CC)CC)c2)C1O. The van der Waals surface area contributed by atoms with Gasteiger partial charge in [-0.1, -0.05) is 65.5 Å². The number of nitrogens with zero attached hydrogens (tertiary/aromatic N) is 1. The summed E-state index contributed by atoms with van der Waals surface area (Å²) in [6, 6.07) is 13.3. The molecule has 38 heavy (non-hydrogen) atoms. The lowest BCUT2D eigenvalue weighted by Gasteiger charge is -2.40. The van der Waals surface area contributed by atoms with Crippen LogP contribution in [0.4, 0.5) is 5.69 Å². The Morgan fingerprint density at radius 3 is 2.32 bits per heavy atom. The van der Waals surface area contributed by atoms with Gasteiger partial charge in [-0.2, -0.15) is 0 Å². The van der Waals surface area contributed by atoms with Gasteiger partial charge in [0.25, 0.3) is 0 Å². The van der Waals surface area contributed by atoms with E-state index in [0.29, 0.717) is 29.9 Å². The molecule has 6 nitrogen and oxygen atoms in total. The smallest absolute Gasteiger partial charge is 0.179 e. The molecule has 0 spiro atoms. The summed E-state index contributed by atoms with van der Waals surface area (Å²) in [5.74, 6) is 0.243. The molecule has 0 amide bonds. The summed E-state index contributed by atoms with van der Waals surface area (Å²) in [7, 11) is -1.78. The van der Waals surface area contributed by atoms with Crippen molar-refractivity contribution >= 4 is 15.5 Å². The summed E-state index contributed by atoms with van der Waals surface area (Å²) in [4.78, 5) is 2.65. The summed E-state index contributed by atoms with van der Waals surface area (Å²) in [5.41, 5.74) is 1.67. The minimum atomic E-state index is -3.61. The third-order valence-electron chi connectivity index (χ3n) is 8.23. The Morgan fingerprint density at radius 1 is 1.03 bits per heavy atom. The van der Waals surface area contributed by atoms with Gasteiger partial charge in [-0.3, -0.25) is 0 Å². The van der Waals surface area contributed by atoms with E-state index in [4.69, 9.17) is 4.74 Å². The number of rotatable bonds is 14. The number of ether oxygens (including phenoxy) is 1. The maximum Gasteiger partial charge on any atom is 0.179 e. The van der Waals surface area contributed by atoms with E-state index in [-0.39, 0.29) is 5.75 Å². The Bertz CT molecular complexity index is 1120. The van der Waals surface area contributed by atoms with Crippen LogP contribution in [0.1, 0.15) is 83.3 Å². The Labute approximate surface area is 230 Å². The van der Waals surface area contributed by atoms with Crippen molar-refractivity contribution in [3.63, 3.8) is 0 Å². The number of hydrogen-bond donors (Lipinski definition) is 2. The molecule has 2 atom stereocenters. The van der Waals surface area contributed by atoms with E-state index in [1.54, 1.807) is 6.07 Å². The van der Waals surface area contributed by atoms with Crippen molar-refractivity contribution in [2.24, 2.45) is 5.41 Å². The first-order valence-electron chi connectivity index (χ1n) is 14.4. The average molecular weight is 545 g/mol. The van der Waals surface area contributed by atoms with Crippen LogP contribution >= 0.6 is 0 Å². The molecule has 1 aliphatic heterocycles. The number of sulfone groups is 1. The quantitative estimate of drug-likeness (QED) is 0.299. The Balaban J connectivity index is 2.13. The first kappa shape index (κ1) is 30.5. The van der Waals surface area contributed by atoms with Crippen LogP contribution < -0.4 is 10.1 Å². The van der Waals surface area contributed by atoms with E-state index in [9.17, 15) is 13.5 Å². The third kappa shape index (κ3) is 6.91. The molecule has 2 aromatic rings. The van der Waals surface area contributed by atoms with Gasteiger partial charge in [-0.25, -0.2) is 8.42 Å². The van der Waals surface area contributed by atoms with Gasteiger partial charge in [-0.05, 0) is 67.4 Å². The molecule has 0 fully saturated rings. The highest BCUT2D eigenvalue weighted by Gasteiger charge is 2.49. The van der Waals surface area contributed by atoms with Crippen LogP contribution in [0.5, 0.6) is 5.75 Å². The summed E-state index contributed by atoms with van der Waals surface area (Å²) < 4.78 is 34.0. The summed E-state index contributed by atoms with van der Waals surface area (Å²) in [6.45, 7) is 11.9. The number of benzene rings is 2. The third-order valence-corrected chi connectivity index (χ3v) is 10.2. The highest BCUT2D eigenvalue weighted by atomic mass is 32.2. The van der Waals surface area contributed by atoms with Gasteiger partial charge < -0.3 is 20.1 Å². The molecule has 1 heterocycles. The van der Waals surface area contributed by atoms with Crippen molar-refractivity contribution in [1.29, 1.82) is 0 Å². The molecule has 1 aliphatic rings. The van der Waals surface area contributed by atoms with Gasteiger partial charge in [0.1, 0.15) is 12.4 Å². The van der Waals surface area contributed by atoms with E-state index < -0.39 is 27.3 Å². The summed E-state index contributed by atoms with van der Waals surface area (Å²) in [6.07, 6.45) is 4.22. The minimum absolute atomic E-state index is 0.0242. The molecule has 212 valence electrons. The first-order chi connectivity index (χ1) is 18.2. The van der Waals surface area contributed by atoms with E-state index >= 15 is 0 Å². The fraction of sp³-hybridized carbons (Fsp3) is 0.613. The molecule has 0 saturated heterocycles. The standard InChI is InChI=1S/C31H48N2O4S/c1-6-10-17-31(18-11-7-2)23-38(35,36)28-16-15-25(32-5)22-27(28)29(30(31)34)24-13-12-14-26(21-24)37-20-19-33(8-3)9-4/h12-16,21-22,29-30,32,34H,6-11,17-20,23H2,1-5H3/t29-,30?/m1/s1. The van der Waals surface area contributed by atoms with E-state index in [1.165, 1.54) is 0 Å². The molecule has 0 aromatic heterocycles. The van der Waals surface area contributed by atoms with Crippen LogP contribution in [0.25, 0.3) is 0 Å². The van der Waals surface area contributed by atoms with Gasteiger partial charge in [-0.15, -0.1) is 0 Å². The molecular weight excluding hydrogens is 496 g/mol. The largest absolute Gasteiger partial charge is 0.492 e. The second-order valence-corrected chi connectivity index (χ2v) is 12.7. The van der Waals surface area contributed by atoms with Crippen LogP contribution in [0, 0.1) is 5.41 Å². The van der Waals surface area contributed by atoms with E-state index in [2.05, 4.69) is 37.9 Å². The lowest BCUT2D eigenvalue weighted by molar-refractivity contribution is 0.0126. The second-order valence-electron chi connectivity index (χ2n) is 10.7. The van der Waals surface area contributed by atoms with E-state index in [0.717, 1.165) is 62.3 Å². The van der Waals surface area contributed by atoms with Crippen molar-refractivity contribution in [3.05, 3.63) is 53.6 Å². The fourth-order valence-corrected chi connectivity index (χ4v) is 8.10. The van der Waals surface area contributed by atoms with Crippen molar-refractivity contribution in [2.45, 2.75) is 83.1 Å². The number of likely N-dealkylation sites (N-methyl/N-ethyl adjacent to an activating group) is 1. The normalized spacial score (nSPS) is 20.1. The highest BCUT2D eigenvalue weighted by molar-refractivity contribution is 7.91. The molecule has 2 N–H and O–H groups in total. The average Bonchev–Trinajstić information content (AvgIpc) is 2.99. The van der Waals surface area contributed by atoms with Crippen LogP contribution in [-0.2, 0) is 9.84 Å². The topological polar surface area (TPSA) is 78.9 Å². The second kappa shape index (κ2) is 13.8. The zero-order chi connectivity index (χ0) is 27.8. The van der Waals surface area contributed by atoms with Crippen molar-refractivity contribution in [2.75, 3.05) is 44.4 Å². The highest BCUT2D eigenvalue weighted by Crippen LogP contribution is 2.50. The first-order valence-corrected chi connectivity index (χ1v) is 16.1. The molecular formula is C31H48N2O4S. The minimum Gasteiger partial charge on any atom is -0.492 e. The maximum absolute atomic E-state index is 13.9. The number of unbranched alkanes of at least 4 members (excludes halogenated alkanes) is 2. The number of nitrogens with one attached hydrogen (secondary N) is 1. The predicted octanol–water partition coefficient (Wildman–Crippen LogP) is 6.10. The van der Waals surface area contributed by atoms with E-state index in [1.807, 2.05) is 43.4 Å². The number of aliphatic hydroxyl groups is 1. The Kier molecular flexibility index (Phi) is 11.1. The lowest BCUT2D eigenvalue weighted by Crippen LogP contribution is -2.43. The Hall–Kier alpha value is -2.09. The summed E-state index contributed by atoms with van der Waals surface area (Å²) in [5, 5.41) is 15.4. The van der Waals surface area contributed by atoms with Gasteiger partial charge in [0, 0.05) is 30.6 Å². The fourth-order valence-electron chi connectivity index (χ4n) is 5.91. The number of hydrogen-bond acceptors (Lipinski definition) is 6. The van der Waals surface area contributed by atoms with Gasteiger partial charge in [0.15, 0.2) is 9.84 Å². The zero-order valence-corrected chi connectivity index (χ0v) is 24.8. The van der Waals surface area contributed by atoms with Crippen LogP contribution in [-0.4, -0.2) is 63.6 Å². The molecule has 3 rings (SSSR count).